The first-order valence-corrected chi connectivity index (χ1v) is 8.70. The molecule has 1 fully saturated rings. The van der Waals surface area contributed by atoms with Crippen LogP contribution in [-0.4, -0.2) is 59.2 Å². The molecule has 2 heterocycles. The number of imidazole rings is 1. The zero-order valence-electron chi connectivity index (χ0n) is 14.6. The fourth-order valence-electron chi connectivity index (χ4n) is 2.70. The van der Waals surface area contributed by atoms with Crippen molar-refractivity contribution < 1.29 is 14.3 Å². The van der Waals surface area contributed by atoms with Gasteiger partial charge in [-0.2, -0.15) is 0 Å². The van der Waals surface area contributed by atoms with E-state index in [9.17, 15) is 9.59 Å². The minimum absolute atomic E-state index is 0.0104. The Balaban J connectivity index is 1.41. The van der Waals surface area contributed by atoms with Gasteiger partial charge in [-0.25, -0.2) is 9.78 Å². The van der Waals surface area contributed by atoms with E-state index in [2.05, 4.69) is 15.6 Å². The molecule has 0 radical (unpaired) electrons. The molecule has 0 spiro atoms. The predicted octanol–water partition coefficient (Wildman–Crippen LogP) is 1.57. The largest absolute Gasteiger partial charge is 0.378 e. The number of carbonyl (C=O) groups excluding carboxylic acids is 2. The van der Waals surface area contributed by atoms with Gasteiger partial charge in [0.2, 0.25) is 0 Å². The quantitative estimate of drug-likeness (QED) is 0.768. The minimum Gasteiger partial charge on any atom is -0.378 e. The van der Waals surface area contributed by atoms with Crippen LogP contribution in [0.15, 0.2) is 43.0 Å². The number of hydrogen-bond donors (Lipinski definition) is 2. The maximum atomic E-state index is 12.4. The third-order valence-electron chi connectivity index (χ3n) is 4.13. The molecule has 0 saturated carbocycles. The molecular formula is C18H23N5O3. The topological polar surface area (TPSA) is 88.5 Å². The second kappa shape index (κ2) is 9.00. The highest BCUT2D eigenvalue weighted by Gasteiger charge is 2.18. The molecule has 1 aliphatic heterocycles. The number of aryl methyl sites for hydroxylation is 1. The van der Waals surface area contributed by atoms with E-state index >= 15 is 0 Å². The summed E-state index contributed by atoms with van der Waals surface area (Å²) >= 11 is 0. The van der Waals surface area contributed by atoms with Gasteiger partial charge in [0.25, 0.3) is 5.91 Å². The molecule has 0 aliphatic carbocycles. The molecule has 2 aromatic rings. The van der Waals surface area contributed by atoms with Crippen LogP contribution in [0, 0.1) is 0 Å². The molecule has 26 heavy (non-hydrogen) atoms. The molecule has 3 rings (SSSR count). The summed E-state index contributed by atoms with van der Waals surface area (Å²) in [5.74, 6) is -0.0104. The summed E-state index contributed by atoms with van der Waals surface area (Å²) in [6.45, 7) is 3.75. The minimum atomic E-state index is -0.261. The van der Waals surface area contributed by atoms with Gasteiger partial charge in [-0.05, 0) is 30.7 Å². The Morgan fingerprint density at radius 3 is 2.62 bits per heavy atom. The summed E-state index contributed by atoms with van der Waals surface area (Å²) in [7, 11) is 0. The third kappa shape index (κ3) is 5.06. The highest BCUT2D eigenvalue weighted by Crippen LogP contribution is 2.12. The predicted molar refractivity (Wildman–Crippen MR) is 97.0 cm³/mol. The number of carbonyl (C=O) groups is 2. The van der Waals surface area contributed by atoms with E-state index in [1.807, 2.05) is 10.8 Å². The summed E-state index contributed by atoms with van der Waals surface area (Å²) in [5, 5.41) is 5.58. The van der Waals surface area contributed by atoms with Gasteiger partial charge in [0.05, 0.1) is 19.5 Å². The Morgan fingerprint density at radius 1 is 1.15 bits per heavy atom. The van der Waals surface area contributed by atoms with Gasteiger partial charge in [-0.15, -0.1) is 0 Å². The molecule has 1 aliphatic rings. The van der Waals surface area contributed by atoms with Gasteiger partial charge in [0.15, 0.2) is 0 Å². The molecule has 0 unspecified atom stereocenters. The molecule has 138 valence electrons. The zero-order chi connectivity index (χ0) is 18.2. The number of ether oxygens (including phenoxy) is 1. The molecule has 0 atom stereocenters. The summed E-state index contributed by atoms with van der Waals surface area (Å²) in [6, 6.07) is 6.67. The van der Waals surface area contributed by atoms with Gasteiger partial charge in [-0.1, -0.05) is 0 Å². The molecule has 8 heteroatoms. The van der Waals surface area contributed by atoms with E-state index in [0.717, 1.165) is 13.0 Å². The van der Waals surface area contributed by atoms with Crippen molar-refractivity contribution in [2.45, 2.75) is 13.0 Å². The molecule has 1 aromatic heterocycles. The average Bonchev–Trinajstić information content (AvgIpc) is 3.19. The van der Waals surface area contributed by atoms with Crippen molar-refractivity contribution in [3.05, 3.63) is 48.5 Å². The van der Waals surface area contributed by atoms with Crippen molar-refractivity contribution in [2.75, 3.05) is 38.2 Å². The summed E-state index contributed by atoms with van der Waals surface area (Å²) in [5.41, 5.74) is 1.26. The van der Waals surface area contributed by atoms with Crippen molar-refractivity contribution in [2.24, 2.45) is 0 Å². The van der Waals surface area contributed by atoms with Crippen molar-refractivity contribution >= 4 is 17.6 Å². The Morgan fingerprint density at radius 2 is 1.92 bits per heavy atom. The number of rotatable bonds is 6. The van der Waals surface area contributed by atoms with Crippen LogP contribution in [0.4, 0.5) is 10.5 Å². The molecule has 3 amide bonds. The van der Waals surface area contributed by atoms with Crippen LogP contribution in [0.25, 0.3) is 0 Å². The van der Waals surface area contributed by atoms with Crippen LogP contribution in [0.2, 0.25) is 0 Å². The van der Waals surface area contributed by atoms with Gasteiger partial charge in [0, 0.05) is 49.8 Å². The maximum absolute atomic E-state index is 12.4. The van der Waals surface area contributed by atoms with Gasteiger partial charge in [-0.3, -0.25) is 4.79 Å². The average molecular weight is 357 g/mol. The maximum Gasteiger partial charge on any atom is 0.319 e. The fourth-order valence-corrected chi connectivity index (χ4v) is 2.70. The first-order chi connectivity index (χ1) is 12.7. The third-order valence-corrected chi connectivity index (χ3v) is 4.13. The number of amides is 3. The van der Waals surface area contributed by atoms with Crippen LogP contribution in [0.5, 0.6) is 0 Å². The molecule has 1 aromatic carbocycles. The van der Waals surface area contributed by atoms with E-state index in [1.54, 1.807) is 41.7 Å². The van der Waals surface area contributed by atoms with Crippen LogP contribution in [0.3, 0.4) is 0 Å². The standard InChI is InChI=1S/C18H23N5O3/c24-17(23-10-12-26-13-11-23)15-2-4-16(5-3-15)21-18(25)20-6-1-8-22-9-7-19-14-22/h2-5,7,9,14H,1,6,8,10-13H2,(H2,20,21,25). The lowest BCUT2D eigenvalue weighted by Crippen LogP contribution is -2.40. The zero-order valence-corrected chi connectivity index (χ0v) is 14.6. The van der Waals surface area contributed by atoms with Gasteiger partial charge in [0.1, 0.15) is 0 Å². The number of benzene rings is 1. The second-order valence-electron chi connectivity index (χ2n) is 6.02. The number of nitrogens with one attached hydrogen (secondary N) is 2. The molecule has 1 saturated heterocycles. The van der Waals surface area contributed by atoms with Crippen LogP contribution in [-0.2, 0) is 11.3 Å². The van der Waals surface area contributed by atoms with Crippen molar-refractivity contribution in [1.29, 1.82) is 0 Å². The van der Waals surface area contributed by atoms with Crippen molar-refractivity contribution in [3.63, 3.8) is 0 Å². The molecule has 2 N–H and O–H groups in total. The number of nitrogens with zero attached hydrogens (tertiary/aromatic N) is 3. The van der Waals surface area contributed by atoms with E-state index in [4.69, 9.17) is 4.74 Å². The van der Waals surface area contributed by atoms with Crippen LogP contribution < -0.4 is 10.6 Å². The lowest BCUT2D eigenvalue weighted by Gasteiger charge is -2.26. The van der Waals surface area contributed by atoms with Gasteiger partial charge >= 0.3 is 6.03 Å². The van der Waals surface area contributed by atoms with Gasteiger partial charge < -0.3 is 24.8 Å². The lowest BCUT2D eigenvalue weighted by molar-refractivity contribution is 0.0303. The summed E-state index contributed by atoms with van der Waals surface area (Å²) in [4.78, 5) is 30.0. The summed E-state index contributed by atoms with van der Waals surface area (Å²) in [6.07, 6.45) is 6.18. The number of hydrogen-bond acceptors (Lipinski definition) is 4. The van der Waals surface area contributed by atoms with E-state index in [-0.39, 0.29) is 11.9 Å². The highest BCUT2D eigenvalue weighted by molar-refractivity contribution is 5.95. The van der Waals surface area contributed by atoms with Crippen molar-refractivity contribution in [1.82, 2.24) is 19.8 Å². The Bertz CT molecular complexity index is 709. The smallest absolute Gasteiger partial charge is 0.319 e. The number of morpholine rings is 1. The summed E-state index contributed by atoms with van der Waals surface area (Å²) < 4.78 is 7.22. The van der Waals surface area contributed by atoms with E-state index in [1.165, 1.54) is 0 Å². The van der Waals surface area contributed by atoms with Crippen molar-refractivity contribution in [3.8, 4) is 0 Å². The fraction of sp³-hybridized carbons (Fsp3) is 0.389. The normalized spacial score (nSPS) is 14.1. The Labute approximate surface area is 152 Å². The Kier molecular flexibility index (Phi) is 6.21. The van der Waals surface area contributed by atoms with Crippen LogP contribution >= 0.6 is 0 Å². The number of anilines is 1. The number of urea groups is 1. The highest BCUT2D eigenvalue weighted by atomic mass is 16.5. The molecular weight excluding hydrogens is 334 g/mol. The monoisotopic (exact) mass is 357 g/mol. The number of aromatic nitrogens is 2. The Hall–Kier alpha value is -2.87. The first-order valence-electron chi connectivity index (χ1n) is 8.70. The van der Waals surface area contributed by atoms with E-state index < -0.39 is 0 Å². The molecule has 0 bridgehead atoms. The second-order valence-corrected chi connectivity index (χ2v) is 6.02. The van der Waals surface area contributed by atoms with Crippen LogP contribution in [0.1, 0.15) is 16.8 Å². The molecule has 8 nitrogen and oxygen atoms in total. The first kappa shape index (κ1) is 17.9. The lowest BCUT2D eigenvalue weighted by atomic mass is 10.1. The van der Waals surface area contributed by atoms with E-state index in [0.29, 0.717) is 44.1 Å². The SMILES string of the molecule is O=C(NCCCn1ccnc1)Nc1ccc(C(=O)N2CCOCC2)cc1.